The summed E-state index contributed by atoms with van der Waals surface area (Å²) in [6, 6.07) is 14.5. The molecule has 1 aliphatic heterocycles. The zero-order chi connectivity index (χ0) is 17.8. The van der Waals surface area contributed by atoms with E-state index in [1.54, 1.807) is 22.7 Å². The fourth-order valence-corrected chi connectivity index (χ4v) is 4.82. The van der Waals surface area contributed by atoms with Gasteiger partial charge in [0.1, 0.15) is 0 Å². The quantitative estimate of drug-likeness (QED) is 0.671. The lowest BCUT2D eigenvalue weighted by Gasteiger charge is -2.26. The van der Waals surface area contributed by atoms with E-state index in [1.165, 1.54) is 5.56 Å². The third-order valence-corrected chi connectivity index (χ3v) is 6.31. The van der Waals surface area contributed by atoms with Crippen LogP contribution in [0.4, 0.5) is 0 Å². The summed E-state index contributed by atoms with van der Waals surface area (Å²) in [7, 11) is 0. The molecule has 4 nitrogen and oxygen atoms in total. The Hall–Kier alpha value is -2.02. The lowest BCUT2D eigenvalue weighted by atomic mass is 10.2. The molecule has 0 bridgehead atoms. The summed E-state index contributed by atoms with van der Waals surface area (Å²) in [5, 5.41) is 3.23. The Labute approximate surface area is 161 Å². The zero-order valence-electron chi connectivity index (χ0n) is 14.4. The minimum Gasteiger partial charge on any atom is -0.378 e. The Kier molecular flexibility index (Phi) is 5.43. The molecule has 0 N–H and O–H groups in total. The summed E-state index contributed by atoms with van der Waals surface area (Å²) >= 11 is 3.35. The highest BCUT2D eigenvalue weighted by molar-refractivity contribution is 7.16. The number of carbonyl (C=O) groups excluding carboxylic acids is 1. The molecule has 0 radical (unpaired) electrons. The standard InChI is InChI=1S/C20H20N2O2S2/c23-20(22-8-10-24-11-9-22)13-16-6-7-18(26-16)17-14-25-19(21-17)12-15-4-2-1-3-5-15/h1-7,14H,8-13H2. The molecule has 0 atom stereocenters. The summed E-state index contributed by atoms with van der Waals surface area (Å²) in [6.45, 7) is 2.69. The second kappa shape index (κ2) is 8.12. The van der Waals surface area contributed by atoms with Crippen molar-refractivity contribution in [3.05, 3.63) is 63.3 Å². The minimum atomic E-state index is 0.185. The van der Waals surface area contributed by atoms with Gasteiger partial charge in [-0.05, 0) is 17.7 Å². The fraction of sp³-hybridized carbons (Fsp3) is 0.300. The molecule has 3 aromatic rings. The van der Waals surface area contributed by atoms with Crippen molar-refractivity contribution in [3.63, 3.8) is 0 Å². The van der Waals surface area contributed by atoms with Crippen molar-refractivity contribution in [1.82, 2.24) is 9.88 Å². The summed E-state index contributed by atoms with van der Waals surface area (Å²) < 4.78 is 5.31. The van der Waals surface area contributed by atoms with Crippen LogP contribution in [0.5, 0.6) is 0 Å². The molecular formula is C20H20N2O2S2. The van der Waals surface area contributed by atoms with Crippen LogP contribution in [0.3, 0.4) is 0 Å². The monoisotopic (exact) mass is 384 g/mol. The molecule has 3 heterocycles. The average molecular weight is 385 g/mol. The van der Waals surface area contributed by atoms with Crippen LogP contribution in [0.25, 0.3) is 10.6 Å². The third kappa shape index (κ3) is 4.20. The Morgan fingerprint density at radius 1 is 1.12 bits per heavy atom. The number of carbonyl (C=O) groups is 1. The Balaban J connectivity index is 1.40. The summed E-state index contributed by atoms with van der Waals surface area (Å²) in [5.74, 6) is 0.185. The zero-order valence-corrected chi connectivity index (χ0v) is 16.0. The summed E-state index contributed by atoms with van der Waals surface area (Å²) in [5.41, 5.74) is 2.28. The number of thiazole rings is 1. The normalized spacial score (nSPS) is 14.5. The molecule has 6 heteroatoms. The van der Waals surface area contributed by atoms with Crippen LogP contribution in [-0.2, 0) is 22.4 Å². The molecule has 4 rings (SSSR count). The van der Waals surface area contributed by atoms with Crippen LogP contribution in [-0.4, -0.2) is 42.1 Å². The first-order valence-corrected chi connectivity index (χ1v) is 10.4. The van der Waals surface area contributed by atoms with E-state index in [4.69, 9.17) is 9.72 Å². The van der Waals surface area contributed by atoms with E-state index in [2.05, 4.69) is 41.8 Å². The SMILES string of the molecule is O=C(Cc1ccc(-c2csc(Cc3ccccc3)n2)s1)N1CCOCC1. The van der Waals surface area contributed by atoms with E-state index < -0.39 is 0 Å². The molecular weight excluding hydrogens is 364 g/mol. The molecule has 1 fully saturated rings. The maximum Gasteiger partial charge on any atom is 0.227 e. The average Bonchev–Trinajstić information content (AvgIpc) is 3.33. The molecule has 1 amide bonds. The van der Waals surface area contributed by atoms with Crippen LogP contribution in [0.2, 0.25) is 0 Å². The number of hydrogen-bond donors (Lipinski definition) is 0. The number of thiophene rings is 1. The van der Waals surface area contributed by atoms with E-state index in [1.807, 2.05) is 11.0 Å². The van der Waals surface area contributed by atoms with Crippen molar-refractivity contribution in [2.75, 3.05) is 26.3 Å². The number of amides is 1. The number of benzene rings is 1. The molecule has 1 saturated heterocycles. The summed E-state index contributed by atoms with van der Waals surface area (Å²) in [4.78, 5) is 21.3. The van der Waals surface area contributed by atoms with Gasteiger partial charge >= 0.3 is 0 Å². The van der Waals surface area contributed by atoms with Crippen molar-refractivity contribution < 1.29 is 9.53 Å². The van der Waals surface area contributed by atoms with E-state index in [0.717, 1.165) is 26.9 Å². The lowest BCUT2D eigenvalue weighted by Crippen LogP contribution is -2.41. The third-order valence-electron chi connectivity index (χ3n) is 4.35. The largest absolute Gasteiger partial charge is 0.378 e. The van der Waals surface area contributed by atoms with Gasteiger partial charge in [-0.2, -0.15) is 0 Å². The fourth-order valence-electron chi connectivity index (χ4n) is 2.96. The molecule has 26 heavy (non-hydrogen) atoms. The van der Waals surface area contributed by atoms with Gasteiger partial charge in [-0.25, -0.2) is 4.98 Å². The topological polar surface area (TPSA) is 42.4 Å². The van der Waals surface area contributed by atoms with Crippen molar-refractivity contribution in [2.45, 2.75) is 12.8 Å². The number of rotatable bonds is 5. The van der Waals surface area contributed by atoms with Crippen LogP contribution in [0.1, 0.15) is 15.4 Å². The molecule has 0 unspecified atom stereocenters. The molecule has 134 valence electrons. The van der Waals surface area contributed by atoms with E-state index in [0.29, 0.717) is 32.7 Å². The van der Waals surface area contributed by atoms with Crippen LogP contribution >= 0.6 is 22.7 Å². The first-order chi connectivity index (χ1) is 12.8. The van der Waals surface area contributed by atoms with Gasteiger partial charge in [0.05, 0.1) is 35.2 Å². The molecule has 0 spiro atoms. The predicted octanol–water partition coefficient (Wildman–Crippen LogP) is 3.86. The van der Waals surface area contributed by atoms with Crippen LogP contribution in [0.15, 0.2) is 47.8 Å². The molecule has 1 aromatic carbocycles. The highest BCUT2D eigenvalue weighted by atomic mass is 32.1. The van der Waals surface area contributed by atoms with E-state index in [9.17, 15) is 4.79 Å². The second-order valence-electron chi connectivity index (χ2n) is 6.22. The van der Waals surface area contributed by atoms with Gasteiger partial charge in [-0.3, -0.25) is 4.79 Å². The Morgan fingerprint density at radius 2 is 1.92 bits per heavy atom. The second-order valence-corrected chi connectivity index (χ2v) is 8.34. The van der Waals surface area contributed by atoms with E-state index in [-0.39, 0.29) is 5.91 Å². The van der Waals surface area contributed by atoms with Gasteiger partial charge in [-0.1, -0.05) is 30.3 Å². The molecule has 1 aliphatic rings. The van der Waals surface area contributed by atoms with Crippen molar-refractivity contribution in [1.29, 1.82) is 0 Å². The van der Waals surface area contributed by atoms with Crippen molar-refractivity contribution in [2.24, 2.45) is 0 Å². The molecule has 0 aliphatic carbocycles. The van der Waals surface area contributed by atoms with Crippen LogP contribution in [0, 0.1) is 0 Å². The number of ether oxygens (including phenoxy) is 1. The maximum atomic E-state index is 12.4. The molecule has 0 saturated carbocycles. The van der Waals surface area contributed by atoms with Gasteiger partial charge in [0.15, 0.2) is 0 Å². The van der Waals surface area contributed by atoms with Gasteiger partial charge in [0, 0.05) is 29.8 Å². The number of nitrogens with zero attached hydrogens (tertiary/aromatic N) is 2. The number of aromatic nitrogens is 1. The highest BCUT2D eigenvalue weighted by Crippen LogP contribution is 2.30. The maximum absolute atomic E-state index is 12.4. The van der Waals surface area contributed by atoms with Gasteiger partial charge in [0.2, 0.25) is 5.91 Å². The summed E-state index contributed by atoms with van der Waals surface area (Å²) in [6.07, 6.45) is 1.32. The lowest BCUT2D eigenvalue weighted by molar-refractivity contribution is -0.134. The minimum absolute atomic E-state index is 0.185. The van der Waals surface area contributed by atoms with Gasteiger partial charge in [0.25, 0.3) is 0 Å². The molecule has 2 aromatic heterocycles. The smallest absolute Gasteiger partial charge is 0.227 e. The van der Waals surface area contributed by atoms with Crippen molar-refractivity contribution >= 4 is 28.6 Å². The van der Waals surface area contributed by atoms with Gasteiger partial charge < -0.3 is 9.64 Å². The van der Waals surface area contributed by atoms with Crippen molar-refractivity contribution in [3.8, 4) is 10.6 Å². The van der Waals surface area contributed by atoms with Gasteiger partial charge in [-0.15, -0.1) is 22.7 Å². The van der Waals surface area contributed by atoms with Crippen LogP contribution < -0.4 is 0 Å². The predicted molar refractivity (Wildman–Crippen MR) is 106 cm³/mol. The first kappa shape index (κ1) is 17.4. The Bertz CT molecular complexity index is 867. The number of hydrogen-bond acceptors (Lipinski definition) is 5. The first-order valence-electron chi connectivity index (χ1n) is 8.71. The number of morpholine rings is 1. The van der Waals surface area contributed by atoms with E-state index >= 15 is 0 Å². The highest BCUT2D eigenvalue weighted by Gasteiger charge is 2.18. The Morgan fingerprint density at radius 3 is 2.73 bits per heavy atom.